The van der Waals surface area contributed by atoms with Gasteiger partial charge in [0.25, 0.3) is 0 Å². The van der Waals surface area contributed by atoms with Crippen molar-refractivity contribution in [2.75, 3.05) is 24.2 Å². The van der Waals surface area contributed by atoms with Crippen molar-refractivity contribution in [2.24, 2.45) is 5.73 Å². The number of methoxy groups -OCH3 is 1. The lowest BCUT2D eigenvalue weighted by Gasteiger charge is -2.08. The summed E-state index contributed by atoms with van der Waals surface area (Å²) in [6, 6.07) is 6.27. The van der Waals surface area contributed by atoms with Crippen molar-refractivity contribution >= 4 is 21.5 Å². The molecule has 0 radical (unpaired) electrons. The van der Waals surface area contributed by atoms with E-state index in [1.54, 1.807) is 24.3 Å². The van der Waals surface area contributed by atoms with Crippen LogP contribution in [-0.2, 0) is 14.8 Å². The second kappa shape index (κ2) is 5.65. The number of sulfonamides is 1. The van der Waals surface area contributed by atoms with Crippen LogP contribution >= 0.6 is 0 Å². The summed E-state index contributed by atoms with van der Waals surface area (Å²) in [6.45, 7) is 0.140. The summed E-state index contributed by atoms with van der Waals surface area (Å²) in [5.41, 5.74) is 6.27. The maximum atomic E-state index is 11.5. The fourth-order valence-electron chi connectivity index (χ4n) is 1.14. The van der Waals surface area contributed by atoms with Crippen molar-refractivity contribution in [3.05, 3.63) is 29.8 Å². The van der Waals surface area contributed by atoms with E-state index in [0.717, 1.165) is 0 Å². The number of ether oxygens (including phenoxy) is 1. The van der Waals surface area contributed by atoms with Gasteiger partial charge in [0.1, 0.15) is 5.84 Å². The van der Waals surface area contributed by atoms with Crippen LogP contribution in [0.15, 0.2) is 24.3 Å². The molecular formula is C10H15N3O3S. The summed E-state index contributed by atoms with van der Waals surface area (Å²) in [5, 5.41) is 7.20. The number of nitrogens with one attached hydrogen (secondary N) is 2. The van der Waals surface area contributed by atoms with Crippen LogP contribution < -0.4 is 10.5 Å². The molecule has 1 aromatic carbocycles. The summed E-state index contributed by atoms with van der Waals surface area (Å²) in [6.07, 6.45) is 0. The minimum atomic E-state index is -3.39. The van der Waals surface area contributed by atoms with Crippen LogP contribution in [0, 0.1) is 5.41 Å². The highest BCUT2D eigenvalue weighted by Gasteiger charge is 2.09. The first-order chi connectivity index (χ1) is 7.94. The zero-order valence-corrected chi connectivity index (χ0v) is 10.3. The van der Waals surface area contributed by atoms with Gasteiger partial charge in [0.15, 0.2) is 0 Å². The molecule has 0 bridgehead atoms. The van der Waals surface area contributed by atoms with Crippen LogP contribution in [0.5, 0.6) is 0 Å². The Morgan fingerprint density at radius 2 is 2.00 bits per heavy atom. The van der Waals surface area contributed by atoms with Crippen LogP contribution in [0.25, 0.3) is 0 Å². The predicted octanol–water partition coefficient (Wildman–Crippen LogP) is 0.359. The highest BCUT2D eigenvalue weighted by Crippen LogP contribution is 2.11. The normalized spacial score (nSPS) is 11.1. The second-order valence-electron chi connectivity index (χ2n) is 3.40. The molecule has 0 aliphatic rings. The monoisotopic (exact) mass is 257 g/mol. The average Bonchev–Trinajstić information content (AvgIpc) is 2.26. The molecule has 1 rings (SSSR count). The highest BCUT2D eigenvalue weighted by atomic mass is 32.2. The molecule has 0 aromatic heterocycles. The van der Waals surface area contributed by atoms with Gasteiger partial charge in [-0.25, -0.2) is 8.42 Å². The van der Waals surface area contributed by atoms with Gasteiger partial charge in [-0.15, -0.1) is 0 Å². The van der Waals surface area contributed by atoms with Gasteiger partial charge in [-0.2, -0.15) is 0 Å². The molecule has 4 N–H and O–H groups in total. The Morgan fingerprint density at radius 1 is 1.41 bits per heavy atom. The molecule has 6 nitrogen and oxygen atoms in total. The first kappa shape index (κ1) is 13.5. The van der Waals surface area contributed by atoms with Crippen molar-refractivity contribution in [1.82, 2.24) is 0 Å². The van der Waals surface area contributed by atoms with Crippen molar-refractivity contribution in [1.29, 1.82) is 5.41 Å². The lowest BCUT2D eigenvalue weighted by atomic mass is 10.2. The van der Waals surface area contributed by atoms with E-state index in [1.165, 1.54) is 7.11 Å². The Bertz CT molecular complexity index is 482. The number of rotatable bonds is 6. The molecule has 0 heterocycles. The Hall–Kier alpha value is -1.60. The summed E-state index contributed by atoms with van der Waals surface area (Å²) in [4.78, 5) is 0. The molecule has 1 aromatic rings. The molecule has 0 aliphatic carbocycles. The fraction of sp³-hybridized carbons (Fsp3) is 0.300. The van der Waals surface area contributed by atoms with Gasteiger partial charge >= 0.3 is 0 Å². The van der Waals surface area contributed by atoms with E-state index in [4.69, 9.17) is 15.9 Å². The summed E-state index contributed by atoms with van der Waals surface area (Å²) in [5.74, 6) is -0.156. The topological polar surface area (TPSA) is 105 Å². The lowest BCUT2D eigenvalue weighted by molar-refractivity contribution is 0.217. The molecule has 0 fully saturated rings. The third-order valence-corrected chi connectivity index (χ3v) is 3.28. The number of nitrogen functional groups attached to an aromatic ring is 1. The molecule has 0 amide bonds. The second-order valence-corrected chi connectivity index (χ2v) is 5.25. The first-order valence-electron chi connectivity index (χ1n) is 4.88. The minimum Gasteiger partial charge on any atom is -0.384 e. The SMILES string of the molecule is COCCS(=O)(=O)Nc1ccc(C(=N)N)cc1. The lowest BCUT2D eigenvalue weighted by Crippen LogP contribution is -2.19. The van der Waals surface area contributed by atoms with Gasteiger partial charge in [0.05, 0.1) is 12.4 Å². The van der Waals surface area contributed by atoms with Crippen LogP contribution in [0.1, 0.15) is 5.56 Å². The van der Waals surface area contributed by atoms with Gasteiger partial charge in [0.2, 0.25) is 10.0 Å². The molecular weight excluding hydrogens is 242 g/mol. The van der Waals surface area contributed by atoms with Gasteiger partial charge < -0.3 is 10.5 Å². The molecule has 0 aliphatic heterocycles. The van der Waals surface area contributed by atoms with Crippen LogP contribution in [-0.4, -0.2) is 33.7 Å². The van der Waals surface area contributed by atoms with E-state index in [-0.39, 0.29) is 18.2 Å². The van der Waals surface area contributed by atoms with Crippen molar-refractivity contribution in [3.8, 4) is 0 Å². The third kappa shape index (κ3) is 4.41. The molecule has 94 valence electrons. The molecule has 0 saturated carbocycles. The van der Waals surface area contributed by atoms with Crippen molar-refractivity contribution < 1.29 is 13.2 Å². The van der Waals surface area contributed by atoms with E-state index >= 15 is 0 Å². The Morgan fingerprint density at radius 3 is 2.47 bits per heavy atom. The Balaban J connectivity index is 2.72. The Labute approximate surface area is 100 Å². The van der Waals surface area contributed by atoms with E-state index in [2.05, 4.69) is 4.72 Å². The molecule has 7 heteroatoms. The van der Waals surface area contributed by atoms with Crippen molar-refractivity contribution in [3.63, 3.8) is 0 Å². The van der Waals surface area contributed by atoms with E-state index in [1.807, 2.05) is 0 Å². The number of hydrogen-bond donors (Lipinski definition) is 3. The minimum absolute atomic E-state index is 0.0567. The van der Waals surface area contributed by atoms with Crippen LogP contribution in [0.4, 0.5) is 5.69 Å². The number of benzene rings is 1. The standard InChI is InChI=1S/C10H15N3O3S/c1-16-6-7-17(14,15)13-9-4-2-8(3-5-9)10(11)12/h2-5,13H,6-7H2,1H3,(H3,11,12). The largest absolute Gasteiger partial charge is 0.384 e. The molecule has 0 saturated heterocycles. The fourth-order valence-corrected chi connectivity index (χ4v) is 2.12. The third-order valence-electron chi connectivity index (χ3n) is 2.03. The number of hydrogen-bond acceptors (Lipinski definition) is 4. The number of amidine groups is 1. The van der Waals surface area contributed by atoms with E-state index in [0.29, 0.717) is 11.3 Å². The molecule has 0 atom stereocenters. The van der Waals surface area contributed by atoms with Gasteiger partial charge in [-0.3, -0.25) is 10.1 Å². The summed E-state index contributed by atoms with van der Waals surface area (Å²) >= 11 is 0. The van der Waals surface area contributed by atoms with E-state index < -0.39 is 10.0 Å². The smallest absolute Gasteiger partial charge is 0.234 e. The predicted molar refractivity (Wildman–Crippen MR) is 66.7 cm³/mol. The number of anilines is 1. The van der Waals surface area contributed by atoms with Crippen LogP contribution in [0.3, 0.4) is 0 Å². The van der Waals surface area contributed by atoms with Crippen molar-refractivity contribution in [2.45, 2.75) is 0 Å². The maximum absolute atomic E-state index is 11.5. The first-order valence-corrected chi connectivity index (χ1v) is 6.54. The molecule has 0 spiro atoms. The highest BCUT2D eigenvalue weighted by molar-refractivity contribution is 7.92. The zero-order valence-electron chi connectivity index (χ0n) is 9.43. The quantitative estimate of drug-likeness (QED) is 0.505. The van der Waals surface area contributed by atoms with Gasteiger partial charge in [-0.05, 0) is 24.3 Å². The molecule has 17 heavy (non-hydrogen) atoms. The average molecular weight is 257 g/mol. The zero-order chi connectivity index (χ0) is 12.9. The maximum Gasteiger partial charge on any atom is 0.234 e. The Kier molecular flexibility index (Phi) is 4.47. The van der Waals surface area contributed by atoms with Gasteiger partial charge in [0, 0.05) is 18.4 Å². The van der Waals surface area contributed by atoms with E-state index in [9.17, 15) is 8.42 Å². The molecule has 0 unspecified atom stereocenters. The summed E-state index contributed by atoms with van der Waals surface area (Å²) < 4.78 is 30.1. The van der Waals surface area contributed by atoms with Crippen LogP contribution in [0.2, 0.25) is 0 Å². The van der Waals surface area contributed by atoms with Gasteiger partial charge in [-0.1, -0.05) is 0 Å². The summed E-state index contributed by atoms with van der Waals surface area (Å²) in [7, 11) is -1.95. The number of nitrogens with two attached hydrogens (primary N) is 1.